The third-order valence-electron chi connectivity index (χ3n) is 2.85. The van der Waals surface area contributed by atoms with Crippen molar-refractivity contribution in [1.82, 2.24) is 0 Å². The molecule has 0 aliphatic rings. The van der Waals surface area contributed by atoms with Crippen molar-refractivity contribution in [2.24, 2.45) is 0 Å². The number of nitro benzene ring substituents is 1. The Morgan fingerprint density at radius 2 is 1.83 bits per heavy atom. The van der Waals surface area contributed by atoms with E-state index in [9.17, 15) is 14.9 Å². The van der Waals surface area contributed by atoms with Gasteiger partial charge in [0.15, 0.2) is 0 Å². The number of nitro groups is 1. The molecule has 6 heteroatoms. The van der Waals surface area contributed by atoms with Crippen molar-refractivity contribution in [1.29, 1.82) is 0 Å². The van der Waals surface area contributed by atoms with Crippen LogP contribution in [0.2, 0.25) is 0 Å². The van der Waals surface area contributed by atoms with Gasteiger partial charge in [-0.3, -0.25) is 0 Å². The number of esters is 1. The number of carbonyl (C=O) groups is 1. The summed E-state index contributed by atoms with van der Waals surface area (Å²) in [4.78, 5) is 22.4. The summed E-state index contributed by atoms with van der Waals surface area (Å²) >= 11 is -0.199. The van der Waals surface area contributed by atoms with Crippen LogP contribution >= 0.6 is 0 Å². The molecule has 0 fully saturated rings. The molecule has 0 aromatic heterocycles. The maximum absolute atomic E-state index is 12.1. The number of ether oxygens (including phenoxy) is 1. The summed E-state index contributed by atoms with van der Waals surface area (Å²) in [6, 6.07) is 15.8. The van der Waals surface area contributed by atoms with Gasteiger partial charge in [0.1, 0.15) is 0 Å². The van der Waals surface area contributed by atoms with Gasteiger partial charge in [-0.2, -0.15) is 0 Å². The molecular formula is C17H15NO4Se. The molecule has 0 saturated carbocycles. The van der Waals surface area contributed by atoms with Crippen LogP contribution < -0.4 is 4.46 Å². The number of carbonyl (C=O) groups excluding carboxylic acids is 1. The number of benzene rings is 2. The van der Waals surface area contributed by atoms with E-state index in [-0.39, 0.29) is 26.6 Å². The first kappa shape index (κ1) is 16.9. The van der Waals surface area contributed by atoms with Gasteiger partial charge in [-0.05, 0) is 0 Å². The van der Waals surface area contributed by atoms with Gasteiger partial charge in [0.2, 0.25) is 0 Å². The summed E-state index contributed by atoms with van der Waals surface area (Å²) in [5.41, 5.74) is 0.755. The van der Waals surface area contributed by atoms with Crippen molar-refractivity contribution in [2.45, 2.75) is 6.92 Å². The zero-order chi connectivity index (χ0) is 16.7. The predicted molar refractivity (Wildman–Crippen MR) is 89.5 cm³/mol. The van der Waals surface area contributed by atoms with E-state index >= 15 is 0 Å². The van der Waals surface area contributed by atoms with Crippen LogP contribution in [0.3, 0.4) is 0 Å². The predicted octanol–water partition coefficient (Wildman–Crippen LogP) is 2.53. The van der Waals surface area contributed by atoms with Gasteiger partial charge >= 0.3 is 140 Å². The van der Waals surface area contributed by atoms with Gasteiger partial charge in [0.25, 0.3) is 0 Å². The van der Waals surface area contributed by atoms with Crippen molar-refractivity contribution in [3.63, 3.8) is 0 Å². The zero-order valence-corrected chi connectivity index (χ0v) is 14.2. The molecule has 0 spiro atoms. The van der Waals surface area contributed by atoms with Crippen LogP contribution in [0, 0.1) is 10.1 Å². The quantitative estimate of drug-likeness (QED) is 0.255. The standard InChI is InChI=1S/C17H15NO4Se/c1-2-22-17(19)16(23-15-6-4-3-5-7-15)12-13-8-10-14(11-9-13)18(20)21/h3-12H,2H2,1H3. The Labute approximate surface area is 140 Å². The van der Waals surface area contributed by atoms with E-state index in [2.05, 4.69) is 0 Å². The van der Waals surface area contributed by atoms with Gasteiger partial charge in [-0.15, -0.1) is 0 Å². The van der Waals surface area contributed by atoms with Crippen LogP contribution in [0.1, 0.15) is 12.5 Å². The molecule has 0 aliphatic carbocycles. The molecule has 0 aliphatic heterocycles. The third-order valence-corrected chi connectivity index (χ3v) is 4.97. The minimum atomic E-state index is -0.451. The Balaban J connectivity index is 2.28. The van der Waals surface area contributed by atoms with Crippen LogP contribution in [-0.4, -0.2) is 32.5 Å². The Bertz CT molecular complexity index is 711. The van der Waals surface area contributed by atoms with Gasteiger partial charge < -0.3 is 0 Å². The van der Waals surface area contributed by atoms with Crippen molar-refractivity contribution in [2.75, 3.05) is 6.61 Å². The summed E-state index contributed by atoms with van der Waals surface area (Å²) in [5.74, 6) is -0.352. The summed E-state index contributed by atoms with van der Waals surface area (Å²) in [5, 5.41) is 10.7. The van der Waals surface area contributed by atoms with Gasteiger partial charge in [-0.25, -0.2) is 0 Å². The van der Waals surface area contributed by atoms with Crippen LogP contribution in [-0.2, 0) is 9.53 Å². The Morgan fingerprint density at radius 1 is 1.17 bits per heavy atom. The monoisotopic (exact) mass is 377 g/mol. The van der Waals surface area contributed by atoms with E-state index < -0.39 is 4.92 Å². The van der Waals surface area contributed by atoms with Gasteiger partial charge in [0.05, 0.1) is 0 Å². The van der Waals surface area contributed by atoms with Crippen LogP contribution in [0.4, 0.5) is 5.69 Å². The fraction of sp³-hybridized carbons (Fsp3) is 0.118. The molecule has 0 atom stereocenters. The first-order valence-corrected chi connectivity index (χ1v) is 8.67. The summed E-state index contributed by atoms with van der Waals surface area (Å²) < 4.78 is 6.74. The molecule has 2 aromatic carbocycles. The van der Waals surface area contributed by atoms with Gasteiger partial charge in [0, 0.05) is 0 Å². The second kappa shape index (κ2) is 8.27. The van der Waals surface area contributed by atoms with Crippen molar-refractivity contribution in [3.8, 4) is 0 Å². The third kappa shape index (κ3) is 5.05. The normalized spacial score (nSPS) is 11.1. The summed E-state index contributed by atoms with van der Waals surface area (Å²) in [6.07, 6.45) is 1.73. The molecule has 0 radical (unpaired) electrons. The summed E-state index contributed by atoms with van der Waals surface area (Å²) in [6.45, 7) is 2.07. The first-order valence-electron chi connectivity index (χ1n) is 6.96. The molecular weight excluding hydrogens is 361 g/mol. The van der Waals surface area contributed by atoms with Gasteiger partial charge in [-0.1, -0.05) is 0 Å². The molecule has 118 valence electrons. The minimum absolute atomic E-state index is 0.0217. The Morgan fingerprint density at radius 3 is 2.39 bits per heavy atom. The molecule has 2 aromatic rings. The second-order valence-electron chi connectivity index (χ2n) is 4.49. The zero-order valence-electron chi connectivity index (χ0n) is 12.5. The molecule has 0 bridgehead atoms. The number of non-ortho nitro benzene ring substituents is 1. The molecule has 0 heterocycles. The maximum atomic E-state index is 12.1. The van der Waals surface area contributed by atoms with E-state index in [1.54, 1.807) is 25.1 Å². The van der Waals surface area contributed by atoms with Crippen molar-refractivity contribution in [3.05, 3.63) is 74.7 Å². The molecule has 0 unspecified atom stereocenters. The molecule has 0 saturated heterocycles. The van der Waals surface area contributed by atoms with E-state index in [0.717, 1.165) is 10.0 Å². The average Bonchev–Trinajstić information content (AvgIpc) is 2.56. The molecule has 5 nitrogen and oxygen atoms in total. The Hall–Kier alpha value is -2.43. The van der Waals surface area contributed by atoms with E-state index in [4.69, 9.17) is 4.74 Å². The van der Waals surface area contributed by atoms with Crippen LogP contribution in [0.25, 0.3) is 6.08 Å². The molecule has 2 rings (SSSR count). The number of hydrogen-bond donors (Lipinski definition) is 0. The Kier molecular flexibility index (Phi) is 6.09. The fourth-order valence-electron chi connectivity index (χ4n) is 1.79. The topological polar surface area (TPSA) is 69.4 Å². The molecule has 23 heavy (non-hydrogen) atoms. The molecule has 0 N–H and O–H groups in total. The average molecular weight is 376 g/mol. The van der Waals surface area contributed by atoms with Crippen LogP contribution in [0.5, 0.6) is 0 Å². The number of rotatable bonds is 6. The second-order valence-corrected chi connectivity index (χ2v) is 6.83. The number of nitrogens with zero attached hydrogens (tertiary/aromatic N) is 1. The van der Waals surface area contributed by atoms with Crippen molar-refractivity contribution >= 4 is 37.2 Å². The van der Waals surface area contributed by atoms with E-state index in [1.165, 1.54) is 12.1 Å². The first-order chi connectivity index (χ1) is 11.1. The number of hydrogen-bond acceptors (Lipinski definition) is 4. The van der Waals surface area contributed by atoms with Crippen LogP contribution in [0.15, 0.2) is 59.1 Å². The van der Waals surface area contributed by atoms with Crippen molar-refractivity contribution < 1.29 is 14.5 Å². The van der Waals surface area contributed by atoms with E-state index in [0.29, 0.717) is 11.1 Å². The van der Waals surface area contributed by atoms with E-state index in [1.807, 2.05) is 30.3 Å². The fourth-order valence-corrected chi connectivity index (χ4v) is 3.65. The summed E-state index contributed by atoms with van der Waals surface area (Å²) in [7, 11) is 0. The molecule has 0 amide bonds. The SMILES string of the molecule is CCOC(=O)C(=Cc1ccc([N+](=O)[O-])cc1)[Se]c1ccccc1.